The fourth-order valence-electron chi connectivity index (χ4n) is 3.50. The molecule has 7 nitrogen and oxygen atoms in total. The number of piperazine rings is 1. The van der Waals surface area contributed by atoms with Crippen molar-refractivity contribution in [2.75, 3.05) is 43.4 Å². The smallest absolute Gasteiger partial charge is 0.417 e. The number of benzene rings is 1. The number of hydrogen-bond acceptors (Lipinski definition) is 6. The summed E-state index contributed by atoms with van der Waals surface area (Å²) in [4.78, 5) is 27.7. The lowest BCUT2D eigenvalue weighted by atomic mass is 10.2. The van der Waals surface area contributed by atoms with Crippen LogP contribution in [0.3, 0.4) is 0 Å². The Morgan fingerprint density at radius 2 is 2.00 bits per heavy atom. The molecule has 1 fully saturated rings. The molecule has 0 aliphatic carbocycles. The van der Waals surface area contributed by atoms with Gasteiger partial charge in [-0.3, -0.25) is 4.79 Å². The molecule has 0 spiro atoms. The van der Waals surface area contributed by atoms with E-state index in [2.05, 4.69) is 15.0 Å². The molecule has 1 aliphatic rings. The number of aromatic amines is 1. The Bertz CT molecular complexity index is 1150. The number of hydrogen-bond donors (Lipinski definition) is 1. The molecule has 1 amide bonds. The number of nitrogens with zero attached hydrogens (tertiary/aromatic N) is 4. The summed E-state index contributed by atoms with van der Waals surface area (Å²) in [5, 5.41) is 0.587. The van der Waals surface area contributed by atoms with Crippen LogP contribution in [0.1, 0.15) is 12.5 Å². The highest BCUT2D eigenvalue weighted by molar-refractivity contribution is 7.99. The third-order valence-corrected chi connectivity index (χ3v) is 6.29. The van der Waals surface area contributed by atoms with Gasteiger partial charge in [0.15, 0.2) is 5.16 Å². The van der Waals surface area contributed by atoms with E-state index in [1.165, 1.54) is 11.8 Å². The first-order chi connectivity index (χ1) is 15.7. The minimum Gasteiger partial charge on any atom is -0.494 e. The van der Waals surface area contributed by atoms with E-state index in [1.54, 1.807) is 9.80 Å². The number of carbonyl (C=O) groups is 1. The number of halogens is 4. The number of H-pyrrole nitrogens is 1. The number of pyridine rings is 1. The predicted molar refractivity (Wildman–Crippen MR) is 121 cm³/mol. The summed E-state index contributed by atoms with van der Waals surface area (Å²) in [6.45, 7) is 4.20. The molecule has 1 N–H and O–H groups in total. The quantitative estimate of drug-likeness (QED) is 0.504. The Kier molecular flexibility index (Phi) is 6.89. The van der Waals surface area contributed by atoms with Gasteiger partial charge < -0.3 is 19.5 Å². The summed E-state index contributed by atoms with van der Waals surface area (Å²) < 4.78 is 43.9. The number of aromatic nitrogens is 3. The van der Waals surface area contributed by atoms with Crippen LogP contribution in [0.15, 0.2) is 35.6 Å². The van der Waals surface area contributed by atoms with Crippen molar-refractivity contribution in [1.29, 1.82) is 0 Å². The Balaban J connectivity index is 1.31. The molecule has 1 aliphatic heterocycles. The molecule has 3 heterocycles. The largest absolute Gasteiger partial charge is 0.494 e. The number of thioether (sulfide) groups is 1. The van der Waals surface area contributed by atoms with Gasteiger partial charge in [-0.25, -0.2) is 9.97 Å². The van der Waals surface area contributed by atoms with Crippen LogP contribution < -0.4 is 9.64 Å². The molecule has 0 radical (unpaired) electrons. The Hall–Kier alpha value is -2.66. The number of carbonyl (C=O) groups excluding carboxylic acids is 1. The maximum Gasteiger partial charge on any atom is 0.417 e. The highest BCUT2D eigenvalue weighted by Gasteiger charge is 2.32. The average molecular weight is 500 g/mol. The molecule has 0 saturated carbocycles. The number of imidazole rings is 1. The average Bonchev–Trinajstić information content (AvgIpc) is 3.19. The van der Waals surface area contributed by atoms with Gasteiger partial charge in [-0.15, -0.1) is 0 Å². The van der Waals surface area contributed by atoms with Gasteiger partial charge in [-0.2, -0.15) is 13.2 Å². The zero-order chi connectivity index (χ0) is 23.6. The van der Waals surface area contributed by atoms with Crippen molar-refractivity contribution in [2.24, 2.45) is 0 Å². The van der Waals surface area contributed by atoms with Crippen LogP contribution in [0, 0.1) is 0 Å². The van der Waals surface area contributed by atoms with Gasteiger partial charge in [0.25, 0.3) is 0 Å². The van der Waals surface area contributed by atoms with Crippen molar-refractivity contribution in [3.8, 4) is 5.75 Å². The zero-order valence-electron chi connectivity index (χ0n) is 17.7. The first kappa shape index (κ1) is 23.5. The third-order valence-electron chi connectivity index (χ3n) is 5.16. The summed E-state index contributed by atoms with van der Waals surface area (Å²) in [7, 11) is 0. The van der Waals surface area contributed by atoms with Gasteiger partial charge in [0.2, 0.25) is 5.91 Å². The minimum absolute atomic E-state index is 0.0402. The predicted octanol–water partition coefficient (Wildman–Crippen LogP) is 4.47. The minimum atomic E-state index is -4.50. The normalized spacial score (nSPS) is 14.7. The molecule has 3 aromatic rings. The van der Waals surface area contributed by atoms with Crippen LogP contribution in [-0.2, 0) is 11.0 Å². The molecule has 176 valence electrons. The number of ether oxygens (including phenoxy) is 1. The molecule has 0 bridgehead atoms. The Morgan fingerprint density at radius 1 is 1.24 bits per heavy atom. The first-order valence-electron chi connectivity index (χ1n) is 10.3. The molecule has 0 atom stereocenters. The number of rotatable bonds is 6. The standard InChI is InChI=1S/C21H21ClF3N5O2S/c1-2-32-14-3-4-16-17(10-14)28-20(27-16)33-12-18(31)29-5-7-30(8-6-29)19-15(22)9-13(11-26-19)21(23,24)25/h3-4,9-11H,2,5-8,12H2,1H3,(H,27,28). The monoisotopic (exact) mass is 499 g/mol. The number of alkyl halides is 3. The van der Waals surface area contributed by atoms with Gasteiger partial charge in [-0.1, -0.05) is 23.4 Å². The number of amides is 1. The van der Waals surface area contributed by atoms with Crippen LogP contribution in [0.2, 0.25) is 5.02 Å². The van der Waals surface area contributed by atoms with Crippen molar-refractivity contribution in [3.63, 3.8) is 0 Å². The van der Waals surface area contributed by atoms with Crippen LogP contribution in [0.5, 0.6) is 5.75 Å². The van der Waals surface area contributed by atoms with Gasteiger partial charge in [0, 0.05) is 38.4 Å². The molecule has 4 rings (SSSR count). The topological polar surface area (TPSA) is 74.3 Å². The van der Waals surface area contributed by atoms with Gasteiger partial charge in [0.1, 0.15) is 11.6 Å². The number of nitrogens with one attached hydrogen (secondary N) is 1. The van der Waals surface area contributed by atoms with Crippen molar-refractivity contribution in [2.45, 2.75) is 18.3 Å². The molecule has 1 aromatic carbocycles. The zero-order valence-corrected chi connectivity index (χ0v) is 19.2. The summed E-state index contributed by atoms with van der Waals surface area (Å²) in [5.74, 6) is 1.22. The van der Waals surface area contributed by atoms with Crippen molar-refractivity contribution in [1.82, 2.24) is 19.9 Å². The van der Waals surface area contributed by atoms with E-state index in [9.17, 15) is 18.0 Å². The van der Waals surface area contributed by atoms with E-state index in [4.69, 9.17) is 16.3 Å². The van der Waals surface area contributed by atoms with E-state index in [0.717, 1.165) is 29.0 Å². The lowest BCUT2D eigenvalue weighted by Gasteiger charge is -2.35. The second-order valence-electron chi connectivity index (χ2n) is 7.34. The SMILES string of the molecule is CCOc1ccc2nc(SCC(=O)N3CCN(c4ncc(C(F)(F)F)cc4Cl)CC3)[nH]c2c1. The van der Waals surface area contributed by atoms with E-state index in [1.807, 2.05) is 25.1 Å². The summed E-state index contributed by atoms with van der Waals surface area (Å²) in [5.41, 5.74) is 0.746. The van der Waals surface area contributed by atoms with Crippen LogP contribution >= 0.6 is 23.4 Å². The molecular formula is C21H21ClF3N5O2S. The van der Waals surface area contributed by atoms with Crippen molar-refractivity contribution in [3.05, 3.63) is 41.0 Å². The number of anilines is 1. The Morgan fingerprint density at radius 3 is 2.67 bits per heavy atom. The fourth-order valence-corrected chi connectivity index (χ4v) is 4.57. The molecule has 2 aromatic heterocycles. The summed E-state index contributed by atoms with van der Waals surface area (Å²) in [6.07, 6.45) is -3.72. The highest BCUT2D eigenvalue weighted by atomic mass is 35.5. The molecule has 1 saturated heterocycles. The van der Waals surface area contributed by atoms with Gasteiger partial charge in [0.05, 0.1) is 34.0 Å². The maximum absolute atomic E-state index is 12.8. The second-order valence-corrected chi connectivity index (χ2v) is 8.71. The van der Waals surface area contributed by atoms with Crippen LogP contribution in [-0.4, -0.2) is 64.3 Å². The van der Waals surface area contributed by atoms with Gasteiger partial charge >= 0.3 is 6.18 Å². The molecule has 33 heavy (non-hydrogen) atoms. The number of fused-ring (bicyclic) bond motifs is 1. The van der Waals surface area contributed by atoms with Crippen LogP contribution in [0.4, 0.5) is 19.0 Å². The molecule has 12 heteroatoms. The first-order valence-corrected chi connectivity index (χ1v) is 11.6. The summed E-state index contributed by atoms with van der Waals surface area (Å²) >= 11 is 7.36. The van der Waals surface area contributed by atoms with E-state index < -0.39 is 11.7 Å². The fraction of sp³-hybridized carbons (Fsp3) is 0.381. The van der Waals surface area contributed by atoms with Gasteiger partial charge in [-0.05, 0) is 25.1 Å². The highest BCUT2D eigenvalue weighted by Crippen LogP contribution is 2.33. The third kappa shape index (κ3) is 5.47. The molecular weight excluding hydrogens is 479 g/mol. The van der Waals surface area contributed by atoms with Crippen molar-refractivity contribution >= 4 is 46.1 Å². The van der Waals surface area contributed by atoms with Crippen LogP contribution in [0.25, 0.3) is 11.0 Å². The van der Waals surface area contributed by atoms with E-state index in [-0.39, 0.29) is 16.7 Å². The summed E-state index contributed by atoms with van der Waals surface area (Å²) in [6, 6.07) is 6.46. The second kappa shape index (κ2) is 9.68. The maximum atomic E-state index is 12.8. The van der Waals surface area contributed by atoms with E-state index in [0.29, 0.717) is 43.8 Å². The van der Waals surface area contributed by atoms with E-state index >= 15 is 0 Å². The Labute approximate surface area is 197 Å². The van der Waals surface area contributed by atoms with Crippen molar-refractivity contribution < 1.29 is 22.7 Å². The lowest BCUT2D eigenvalue weighted by molar-refractivity contribution is -0.137. The lowest BCUT2D eigenvalue weighted by Crippen LogP contribution is -2.49. The molecule has 0 unspecified atom stereocenters.